The summed E-state index contributed by atoms with van der Waals surface area (Å²) >= 11 is 0. The Morgan fingerprint density at radius 2 is 1.73 bits per heavy atom. The SMILES string of the molecule is CN(C)S(=O)(=O)NCC(=O)NC(C)(C)C. The van der Waals surface area contributed by atoms with Gasteiger partial charge in [0.05, 0.1) is 6.54 Å². The maximum absolute atomic E-state index is 11.3. The van der Waals surface area contributed by atoms with Crippen LogP contribution in [0.15, 0.2) is 0 Å². The molecule has 15 heavy (non-hydrogen) atoms. The van der Waals surface area contributed by atoms with E-state index in [9.17, 15) is 13.2 Å². The van der Waals surface area contributed by atoms with Gasteiger partial charge in [0.15, 0.2) is 0 Å². The number of hydrogen-bond acceptors (Lipinski definition) is 3. The Bertz CT molecular complexity index is 317. The summed E-state index contributed by atoms with van der Waals surface area (Å²) < 4.78 is 25.6. The van der Waals surface area contributed by atoms with Gasteiger partial charge < -0.3 is 5.32 Å². The van der Waals surface area contributed by atoms with Crippen LogP contribution in [0.25, 0.3) is 0 Å². The van der Waals surface area contributed by atoms with Crippen LogP contribution in [-0.4, -0.2) is 44.8 Å². The van der Waals surface area contributed by atoms with Gasteiger partial charge in [0, 0.05) is 19.6 Å². The highest BCUT2D eigenvalue weighted by Crippen LogP contribution is 1.97. The molecule has 0 bridgehead atoms. The van der Waals surface area contributed by atoms with E-state index in [-0.39, 0.29) is 18.0 Å². The van der Waals surface area contributed by atoms with Crippen LogP contribution < -0.4 is 10.0 Å². The summed E-state index contributed by atoms with van der Waals surface area (Å²) in [6.45, 7) is 5.22. The minimum Gasteiger partial charge on any atom is -0.350 e. The van der Waals surface area contributed by atoms with Gasteiger partial charge >= 0.3 is 0 Å². The molecule has 0 aromatic carbocycles. The molecule has 0 radical (unpaired) electrons. The summed E-state index contributed by atoms with van der Waals surface area (Å²) in [6.07, 6.45) is 0. The van der Waals surface area contributed by atoms with Gasteiger partial charge in [-0.3, -0.25) is 4.79 Å². The van der Waals surface area contributed by atoms with Gasteiger partial charge in [0.2, 0.25) is 5.91 Å². The fraction of sp³-hybridized carbons (Fsp3) is 0.875. The van der Waals surface area contributed by atoms with E-state index in [0.717, 1.165) is 4.31 Å². The van der Waals surface area contributed by atoms with Crippen LogP contribution in [0.5, 0.6) is 0 Å². The van der Waals surface area contributed by atoms with E-state index in [2.05, 4.69) is 10.0 Å². The van der Waals surface area contributed by atoms with Gasteiger partial charge in [-0.15, -0.1) is 0 Å². The Hall–Kier alpha value is -0.660. The second-order valence-corrected chi connectivity index (χ2v) is 6.38. The molecular formula is C8H19N3O3S. The number of nitrogens with zero attached hydrogens (tertiary/aromatic N) is 1. The molecule has 0 aromatic heterocycles. The van der Waals surface area contributed by atoms with Crippen molar-refractivity contribution in [3.8, 4) is 0 Å². The summed E-state index contributed by atoms with van der Waals surface area (Å²) in [5, 5.41) is 2.65. The highest BCUT2D eigenvalue weighted by atomic mass is 32.2. The standard InChI is InChI=1S/C8H19N3O3S/c1-8(2,3)10-7(12)6-9-15(13,14)11(4)5/h9H,6H2,1-5H3,(H,10,12). The van der Waals surface area contributed by atoms with Crippen molar-refractivity contribution in [1.82, 2.24) is 14.3 Å². The molecular weight excluding hydrogens is 218 g/mol. The summed E-state index contributed by atoms with van der Waals surface area (Å²) in [6, 6.07) is 0. The zero-order chi connectivity index (χ0) is 12.3. The lowest BCUT2D eigenvalue weighted by Gasteiger charge is -2.21. The van der Waals surface area contributed by atoms with Gasteiger partial charge in [0.25, 0.3) is 10.2 Å². The number of amides is 1. The molecule has 0 rings (SSSR count). The molecule has 0 aliphatic heterocycles. The van der Waals surface area contributed by atoms with Gasteiger partial charge in [0.1, 0.15) is 0 Å². The van der Waals surface area contributed by atoms with Crippen LogP contribution in [0, 0.1) is 0 Å². The summed E-state index contributed by atoms with van der Waals surface area (Å²) in [5.74, 6) is -0.354. The van der Waals surface area contributed by atoms with Gasteiger partial charge in [-0.25, -0.2) is 0 Å². The second-order valence-electron chi connectivity index (χ2n) is 4.41. The molecule has 0 fully saturated rings. The third-order valence-corrected chi connectivity index (χ3v) is 2.88. The van der Waals surface area contributed by atoms with Crippen molar-refractivity contribution in [2.45, 2.75) is 26.3 Å². The van der Waals surface area contributed by atoms with Gasteiger partial charge in [-0.1, -0.05) is 0 Å². The van der Waals surface area contributed by atoms with Crippen molar-refractivity contribution < 1.29 is 13.2 Å². The van der Waals surface area contributed by atoms with E-state index < -0.39 is 10.2 Å². The first kappa shape index (κ1) is 14.3. The number of carbonyl (C=O) groups excluding carboxylic acids is 1. The lowest BCUT2D eigenvalue weighted by molar-refractivity contribution is -0.121. The smallest absolute Gasteiger partial charge is 0.279 e. The summed E-state index contributed by atoms with van der Waals surface area (Å²) in [7, 11) is -0.741. The van der Waals surface area contributed by atoms with E-state index in [4.69, 9.17) is 0 Å². The maximum atomic E-state index is 11.3. The zero-order valence-electron chi connectivity index (χ0n) is 9.79. The van der Waals surface area contributed by atoms with Crippen LogP contribution in [0.3, 0.4) is 0 Å². The van der Waals surface area contributed by atoms with Gasteiger partial charge in [-0.05, 0) is 20.8 Å². The van der Waals surface area contributed by atoms with E-state index >= 15 is 0 Å². The molecule has 6 nitrogen and oxygen atoms in total. The molecule has 0 saturated heterocycles. The first-order valence-corrected chi connectivity index (χ1v) is 5.97. The van der Waals surface area contributed by atoms with Crippen molar-refractivity contribution in [3.63, 3.8) is 0 Å². The average molecular weight is 237 g/mol. The van der Waals surface area contributed by atoms with Crippen molar-refractivity contribution in [1.29, 1.82) is 0 Å². The molecule has 2 N–H and O–H groups in total. The van der Waals surface area contributed by atoms with E-state index in [1.165, 1.54) is 14.1 Å². The molecule has 0 unspecified atom stereocenters. The summed E-state index contributed by atoms with van der Waals surface area (Å²) in [5.41, 5.74) is -0.360. The Morgan fingerprint density at radius 3 is 2.07 bits per heavy atom. The second kappa shape index (κ2) is 4.91. The summed E-state index contributed by atoms with van der Waals surface area (Å²) in [4.78, 5) is 11.3. The van der Waals surface area contributed by atoms with Crippen LogP contribution in [-0.2, 0) is 15.0 Å². The number of nitrogens with one attached hydrogen (secondary N) is 2. The molecule has 0 spiro atoms. The van der Waals surface area contributed by atoms with E-state index in [1.54, 1.807) is 0 Å². The molecule has 0 aliphatic rings. The lowest BCUT2D eigenvalue weighted by atomic mass is 10.1. The maximum Gasteiger partial charge on any atom is 0.279 e. The van der Waals surface area contributed by atoms with E-state index in [1.807, 2.05) is 20.8 Å². The van der Waals surface area contributed by atoms with E-state index in [0.29, 0.717) is 0 Å². The third-order valence-electron chi connectivity index (χ3n) is 1.41. The quantitative estimate of drug-likeness (QED) is 0.678. The Kier molecular flexibility index (Phi) is 4.69. The van der Waals surface area contributed by atoms with Crippen LogP contribution in [0.2, 0.25) is 0 Å². The Morgan fingerprint density at radius 1 is 1.27 bits per heavy atom. The molecule has 0 aliphatic carbocycles. The number of rotatable bonds is 4. The highest BCUT2D eigenvalue weighted by molar-refractivity contribution is 7.87. The van der Waals surface area contributed by atoms with Crippen molar-refractivity contribution in [3.05, 3.63) is 0 Å². The van der Waals surface area contributed by atoms with Crippen LogP contribution >= 0.6 is 0 Å². The minimum absolute atomic E-state index is 0.252. The highest BCUT2D eigenvalue weighted by Gasteiger charge is 2.17. The van der Waals surface area contributed by atoms with Gasteiger partial charge in [-0.2, -0.15) is 17.4 Å². The van der Waals surface area contributed by atoms with Crippen LogP contribution in [0.4, 0.5) is 0 Å². The molecule has 1 amide bonds. The molecule has 90 valence electrons. The molecule has 0 heterocycles. The number of carbonyl (C=O) groups is 1. The number of hydrogen-bond donors (Lipinski definition) is 2. The molecule has 7 heteroatoms. The predicted molar refractivity (Wildman–Crippen MR) is 58.5 cm³/mol. The third kappa shape index (κ3) is 6.43. The minimum atomic E-state index is -3.53. The largest absolute Gasteiger partial charge is 0.350 e. The monoisotopic (exact) mass is 237 g/mol. The Labute approximate surface area is 91.2 Å². The first-order chi connectivity index (χ1) is 6.54. The lowest BCUT2D eigenvalue weighted by Crippen LogP contribution is -2.47. The van der Waals surface area contributed by atoms with Crippen molar-refractivity contribution >= 4 is 16.1 Å². The predicted octanol–water partition coefficient (Wildman–Crippen LogP) is -0.703. The Balaban J connectivity index is 4.14. The average Bonchev–Trinajstić information content (AvgIpc) is 1.97. The van der Waals surface area contributed by atoms with Crippen molar-refractivity contribution in [2.75, 3.05) is 20.6 Å². The molecule has 0 aromatic rings. The molecule has 0 atom stereocenters. The van der Waals surface area contributed by atoms with Crippen LogP contribution in [0.1, 0.15) is 20.8 Å². The van der Waals surface area contributed by atoms with Crippen molar-refractivity contribution in [2.24, 2.45) is 0 Å². The molecule has 0 saturated carbocycles. The first-order valence-electron chi connectivity index (χ1n) is 4.53. The zero-order valence-corrected chi connectivity index (χ0v) is 10.6. The fourth-order valence-electron chi connectivity index (χ4n) is 0.748. The topological polar surface area (TPSA) is 78.5 Å². The normalized spacial score (nSPS) is 12.9. The fourth-order valence-corrected chi connectivity index (χ4v) is 1.32.